The fourth-order valence-corrected chi connectivity index (χ4v) is 4.32. The molecule has 2 aromatic carbocycles. The number of methoxy groups -OCH3 is 2. The van der Waals surface area contributed by atoms with Crippen LogP contribution in [0.3, 0.4) is 0 Å². The summed E-state index contributed by atoms with van der Waals surface area (Å²) >= 11 is 7.49. The molecule has 0 aliphatic heterocycles. The summed E-state index contributed by atoms with van der Waals surface area (Å²) in [5.74, 6) is 1.21. The van der Waals surface area contributed by atoms with Crippen LogP contribution < -0.4 is 14.8 Å². The van der Waals surface area contributed by atoms with Gasteiger partial charge in [0, 0.05) is 33.5 Å². The first kappa shape index (κ1) is 20.3. The molecule has 0 saturated carbocycles. The highest BCUT2D eigenvalue weighted by Gasteiger charge is 2.15. The number of carbonyl (C=O) groups is 1. The van der Waals surface area contributed by atoms with E-state index in [2.05, 4.69) is 10.3 Å². The smallest absolute Gasteiger partial charge is 0.230 e. The minimum Gasteiger partial charge on any atom is -0.493 e. The highest BCUT2D eigenvalue weighted by molar-refractivity contribution is 7.15. The first-order chi connectivity index (χ1) is 14.5. The van der Waals surface area contributed by atoms with Gasteiger partial charge >= 0.3 is 0 Å². The first-order valence-corrected chi connectivity index (χ1v) is 10.5. The number of thiazole rings is 1. The molecule has 0 saturated heterocycles. The molecule has 0 fully saturated rings. The second kappa shape index (κ2) is 8.38. The number of carbonyl (C=O) groups excluding carboxylic acids is 1. The highest BCUT2D eigenvalue weighted by atomic mass is 35.5. The molecule has 0 spiro atoms. The minimum atomic E-state index is -0.0958. The third kappa shape index (κ3) is 3.99. The lowest BCUT2D eigenvalue weighted by Crippen LogP contribution is -2.16. The number of aryl methyl sites for hydroxylation is 1. The number of aromatic nitrogens is 2. The van der Waals surface area contributed by atoms with E-state index in [-0.39, 0.29) is 12.3 Å². The Morgan fingerprint density at radius 3 is 2.70 bits per heavy atom. The molecule has 0 bridgehead atoms. The number of hydrogen-bond acceptors (Lipinski definition) is 5. The summed E-state index contributed by atoms with van der Waals surface area (Å²) in [4.78, 5) is 18.1. The van der Waals surface area contributed by atoms with Crippen molar-refractivity contribution in [3.8, 4) is 22.8 Å². The van der Waals surface area contributed by atoms with Gasteiger partial charge in [-0.1, -0.05) is 11.6 Å². The van der Waals surface area contributed by atoms with Crippen molar-refractivity contribution in [2.75, 3.05) is 19.5 Å². The molecule has 6 nitrogen and oxygen atoms in total. The normalized spacial score (nSPS) is 10.9. The van der Waals surface area contributed by atoms with Gasteiger partial charge < -0.3 is 14.8 Å². The molecule has 2 heterocycles. The van der Waals surface area contributed by atoms with E-state index in [4.69, 9.17) is 21.1 Å². The number of imidazole rings is 1. The van der Waals surface area contributed by atoms with Gasteiger partial charge in [-0.3, -0.25) is 9.20 Å². The van der Waals surface area contributed by atoms with Gasteiger partial charge in [-0.25, -0.2) is 4.98 Å². The van der Waals surface area contributed by atoms with E-state index in [0.29, 0.717) is 16.5 Å². The Balaban J connectivity index is 1.56. The van der Waals surface area contributed by atoms with Crippen molar-refractivity contribution < 1.29 is 14.3 Å². The van der Waals surface area contributed by atoms with Gasteiger partial charge in [0.25, 0.3) is 0 Å². The number of fused-ring (bicyclic) bond motifs is 1. The van der Waals surface area contributed by atoms with Gasteiger partial charge in [-0.2, -0.15) is 0 Å². The van der Waals surface area contributed by atoms with Crippen LogP contribution in [0, 0.1) is 6.92 Å². The second-order valence-electron chi connectivity index (χ2n) is 6.76. The molecule has 0 unspecified atom stereocenters. The van der Waals surface area contributed by atoms with Crippen LogP contribution in [-0.2, 0) is 11.2 Å². The Morgan fingerprint density at radius 2 is 1.97 bits per heavy atom. The zero-order valence-corrected chi connectivity index (χ0v) is 18.3. The summed E-state index contributed by atoms with van der Waals surface area (Å²) in [6.07, 6.45) is 2.17. The zero-order valence-electron chi connectivity index (χ0n) is 16.7. The fourth-order valence-electron chi connectivity index (χ4n) is 3.22. The molecular weight excluding hydrogens is 422 g/mol. The Hall–Kier alpha value is -3.03. The van der Waals surface area contributed by atoms with Crippen molar-refractivity contribution >= 4 is 39.5 Å². The van der Waals surface area contributed by atoms with Crippen LogP contribution in [0.25, 0.3) is 16.2 Å². The molecule has 30 heavy (non-hydrogen) atoms. The molecule has 0 atom stereocenters. The van der Waals surface area contributed by atoms with E-state index < -0.39 is 0 Å². The molecule has 0 aliphatic carbocycles. The monoisotopic (exact) mass is 441 g/mol. The zero-order chi connectivity index (χ0) is 21.3. The number of amides is 1. The average molecular weight is 442 g/mol. The Bertz CT molecular complexity index is 1230. The number of nitrogens with zero attached hydrogens (tertiary/aromatic N) is 2. The predicted octanol–water partition coefficient (Wildman–Crippen LogP) is 5.22. The molecule has 4 rings (SSSR count). The summed E-state index contributed by atoms with van der Waals surface area (Å²) < 4.78 is 12.6. The van der Waals surface area contributed by atoms with E-state index in [1.54, 1.807) is 20.3 Å². The quantitative estimate of drug-likeness (QED) is 0.445. The van der Waals surface area contributed by atoms with E-state index in [1.165, 1.54) is 11.3 Å². The lowest BCUT2D eigenvalue weighted by Gasteiger charge is -2.08. The number of rotatable bonds is 6. The van der Waals surface area contributed by atoms with Crippen LogP contribution in [0.15, 0.2) is 48.0 Å². The number of hydrogen-bond donors (Lipinski definition) is 1. The van der Waals surface area contributed by atoms with Gasteiger partial charge in [0.05, 0.1) is 26.3 Å². The van der Waals surface area contributed by atoms with Crippen molar-refractivity contribution in [2.24, 2.45) is 0 Å². The molecule has 0 radical (unpaired) electrons. The summed E-state index contributed by atoms with van der Waals surface area (Å²) in [7, 11) is 3.21. The number of halogens is 1. The standard InChI is InChI=1S/C22H20ClN3O3S/c1-13-8-15(23)5-6-17(13)24-21(27)10-16-12-30-22-25-18(11-26(16)22)14-4-7-19(28-2)20(9-14)29-3/h4-9,11-12H,10H2,1-3H3,(H,24,27). The number of ether oxygens (including phenoxy) is 2. The molecule has 8 heteroatoms. The number of benzene rings is 2. The van der Waals surface area contributed by atoms with Gasteiger partial charge in [-0.05, 0) is 48.9 Å². The predicted molar refractivity (Wildman–Crippen MR) is 120 cm³/mol. The van der Waals surface area contributed by atoms with E-state index in [1.807, 2.05) is 53.2 Å². The number of anilines is 1. The largest absolute Gasteiger partial charge is 0.493 e. The van der Waals surface area contributed by atoms with Crippen molar-refractivity contribution in [3.63, 3.8) is 0 Å². The van der Waals surface area contributed by atoms with Gasteiger partial charge in [-0.15, -0.1) is 11.3 Å². The van der Waals surface area contributed by atoms with Crippen LogP contribution in [0.4, 0.5) is 5.69 Å². The topological polar surface area (TPSA) is 64.9 Å². The molecule has 2 aromatic heterocycles. The summed E-state index contributed by atoms with van der Waals surface area (Å²) in [6.45, 7) is 1.91. The second-order valence-corrected chi connectivity index (χ2v) is 8.03. The van der Waals surface area contributed by atoms with Crippen LogP contribution in [-0.4, -0.2) is 29.5 Å². The van der Waals surface area contributed by atoms with Crippen molar-refractivity contribution in [1.82, 2.24) is 9.38 Å². The summed E-state index contributed by atoms with van der Waals surface area (Å²) in [6, 6.07) is 11.1. The van der Waals surface area contributed by atoms with Crippen LogP contribution in [0.5, 0.6) is 11.5 Å². The van der Waals surface area contributed by atoms with E-state index in [0.717, 1.165) is 33.2 Å². The summed E-state index contributed by atoms with van der Waals surface area (Å²) in [5.41, 5.74) is 4.27. The maximum Gasteiger partial charge on any atom is 0.230 e. The number of nitrogens with one attached hydrogen (secondary N) is 1. The molecular formula is C22H20ClN3O3S. The highest BCUT2D eigenvalue weighted by Crippen LogP contribution is 2.33. The summed E-state index contributed by atoms with van der Waals surface area (Å²) in [5, 5.41) is 5.55. The minimum absolute atomic E-state index is 0.0958. The van der Waals surface area contributed by atoms with Gasteiger partial charge in [0.15, 0.2) is 16.5 Å². The van der Waals surface area contributed by atoms with Crippen molar-refractivity contribution in [1.29, 1.82) is 0 Å². The third-order valence-corrected chi connectivity index (χ3v) is 5.89. The fraction of sp³-hybridized carbons (Fsp3) is 0.182. The van der Waals surface area contributed by atoms with Crippen LogP contribution in [0.2, 0.25) is 5.02 Å². The van der Waals surface area contributed by atoms with Gasteiger partial charge in [0.2, 0.25) is 5.91 Å². The first-order valence-electron chi connectivity index (χ1n) is 9.22. The SMILES string of the molecule is COc1ccc(-c2cn3c(CC(=O)Nc4ccc(Cl)cc4C)csc3n2)cc1OC. The third-order valence-electron chi connectivity index (χ3n) is 4.77. The molecule has 1 amide bonds. The Labute approximate surface area is 183 Å². The van der Waals surface area contributed by atoms with Crippen LogP contribution in [0.1, 0.15) is 11.3 Å². The molecule has 4 aromatic rings. The molecule has 154 valence electrons. The van der Waals surface area contributed by atoms with E-state index in [9.17, 15) is 4.79 Å². The lowest BCUT2D eigenvalue weighted by atomic mass is 10.1. The van der Waals surface area contributed by atoms with Crippen molar-refractivity contribution in [3.05, 3.63) is 64.3 Å². The maximum absolute atomic E-state index is 12.6. The van der Waals surface area contributed by atoms with Gasteiger partial charge in [0.1, 0.15) is 0 Å². The Kier molecular flexibility index (Phi) is 5.65. The molecule has 1 N–H and O–H groups in total. The van der Waals surface area contributed by atoms with E-state index >= 15 is 0 Å². The average Bonchev–Trinajstić information content (AvgIpc) is 3.31. The lowest BCUT2D eigenvalue weighted by molar-refractivity contribution is -0.115. The molecule has 0 aliphatic rings. The van der Waals surface area contributed by atoms with Crippen LogP contribution >= 0.6 is 22.9 Å². The maximum atomic E-state index is 12.6. The Morgan fingerprint density at radius 1 is 1.17 bits per heavy atom. The van der Waals surface area contributed by atoms with Crippen molar-refractivity contribution in [2.45, 2.75) is 13.3 Å².